The van der Waals surface area contributed by atoms with Crippen molar-refractivity contribution in [3.8, 4) is 5.75 Å². The molecule has 1 atom stereocenters. The van der Waals surface area contributed by atoms with Gasteiger partial charge in [0, 0.05) is 12.5 Å². The van der Waals surface area contributed by atoms with Crippen molar-refractivity contribution in [3.05, 3.63) is 29.8 Å². The third kappa shape index (κ3) is 2.60. The van der Waals surface area contributed by atoms with Crippen molar-refractivity contribution in [1.29, 1.82) is 0 Å². The van der Waals surface area contributed by atoms with Gasteiger partial charge in [0.25, 0.3) is 0 Å². The predicted octanol–water partition coefficient (Wildman–Crippen LogP) is 2.71. The molecule has 0 aliphatic heterocycles. The molecular weight excluding hydrogens is 214 g/mol. The van der Waals surface area contributed by atoms with Crippen LogP contribution in [-0.2, 0) is 4.79 Å². The minimum absolute atomic E-state index is 0.0280. The first-order valence-electron chi connectivity index (χ1n) is 6.23. The van der Waals surface area contributed by atoms with Crippen LogP contribution in [-0.4, -0.2) is 22.5 Å². The van der Waals surface area contributed by atoms with E-state index in [4.69, 9.17) is 0 Å². The van der Waals surface area contributed by atoms with Crippen LogP contribution in [0.2, 0.25) is 0 Å². The summed E-state index contributed by atoms with van der Waals surface area (Å²) in [5.74, 6) is 0.752. The fraction of sp³-hybridized carbons (Fsp3) is 0.500. The zero-order valence-corrected chi connectivity index (χ0v) is 10.4. The van der Waals surface area contributed by atoms with E-state index in [-0.39, 0.29) is 23.6 Å². The van der Waals surface area contributed by atoms with Gasteiger partial charge < -0.3 is 10.0 Å². The maximum Gasteiger partial charge on any atom is 0.226 e. The Kier molecular flexibility index (Phi) is 3.36. The van der Waals surface area contributed by atoms with Gasteiger partial charge in [0.15, 0.2) is 0 Å². The van der Waals surface area contributed by atoms with Gasteiger partial charge >= 0.3 is 0 Å². The SMILES string of the molecule is CCN(C(=O)C1CC1)C(C)c1cccc(O)c1. The van der Waals surface area contributed by atoms with Crippen molar-refractivity contribution < 1.29 is 9.90 Å². The van der Waals surface area contributed by atoms with Gasteiger partial charge in [-0.1, -0.05) is 12.1 Å². The Labute approximate surface area is 102 Å². The lowest BCUT2D eigenvalue weighted by Crippen LogP contribution is -2.34. The maximum absolute atomic E-state index is 12.1. The van der Waals surface area contributed by atoms with Gasteiger partial charge in [-0.15, -0.1) is 0 Å². The summed E-state index contributed by atoms with van der Waals surface area (Å²) in [7, 11) is 0. The van der Waals surface area contributed by atoms with Crippen molar-refractivity contribution in [2.75, 3.05) is 6.54 Å². The summed E-state index contributed by atoms with van der Waals surface area (Å²) < 4.78 is 0. The number of carbonyl (C=O) groups is 1. The second-order valence-corrected chi connectivity index (χ2v) is 4.67. The van der Waals surface area contributed by atoms with Gasteiger partial charge in [0.1, 0.15) is 5.75 Å². The molecule has 1 N–H and O–H groups in total. The minimum Gasteiger partial charge on any atom is -0.508 e. The van der Waals surface area contributed by atoms with Crippen LogP contribution in [0.4, 0.5) is 0 Å². The lowest BCUT2D eigenvalue weighted by atomic mass is 10.1. The molecule has 1 aromatic rings. The molecule has 3 heteroatoms. The van der Waals surface area contributed by atoms with E-state index in [1.54, 1.807) is 12.1 Å². The number of nitrogens with zero attached hydrogens (tertiary/aromatic N) is 1. The highest BCUT2D eigenvalue weighted by atomic mass is 16.3. The fourth-order valence-corrected chi connectivity index (χ4v) is 2.15. The van der Waals surface area contributed by atoms with E-state index in [9.17, 15) is 9.90 Å². The van der Waals surface area contributed by atoms with Crippen molar-refractivity contribution in [1.82, 2.24) is 4.90 Å². The second-order valence-electron chi connectivity index (χ2n) is 4.67. The summed E-state index contributed by atoms with van der Waals surface area (Å²) in [6, 6.07) is 7.17. The van der Waals surface area contributed by atoms with Gasteiger partial charge in [-0.3, -0.25) is 4.79 Å². The van der Waals surface area contributed by atoms with E-state index in [0.29, 0.717) is 6.54 Å². The standard InChI is InChI=1S/C14H19NO2/c1-3-15(14(17)11-7-8-11)10(2)12-5-4-6-13(16)9-12/h4-6,9-11,16H,3,7-8H2,1-2H3. The molecule has 1 aliphatic carbocycles. The van der Waals surface area contributed by atoms with E-state index in [1.807, 2.05) is 30.9 Å². The quantitative estimate of drug-likeness (QED) is 0.868. The Balaban J connectivity index is 2.16. The average Bonchev–Trinajstić information content (AvgIpc) is 3.13. The van der Waals surface area contributed by atoms with Gasteiger partial charge in [-0.05, 0) is 44.4 Å². The topological polar surface area (TPSA) is 40.5 Å². The van der Waals surface area contributed by atoms with Crippen LogP contribution in [0.15, 0.2) is 24.3 Å². The molecule has 0 heterocycles. The van der Waals surface area contributed by atoms with E-state index < -0.39 is 0 Å². The lowest BCUT2D eigenvalue weighted by molar-refractivity contribution is -0.134. The normalized spacial score (nSPS) is 16.6. The van der Waals surface area contributed by atoms with E-state index in [0.717, 1.165) is 18.4 Å². The van der Waals surface area contributed by atoms with Crippen LogP contribution >= 0.6 is 0 Å². The first-order chi connectivity index (χ1) is 8.13. The summed E-state index contributed by atoms with van der Waals surface area (Å²) in [6.07, 6.45) is 2.06. The number of hydrogen-bond donors (Lipinski definition) is 1. The molecule has 1 fully saturated rings. The molecule has 1 aliphatic rings. The van der Waals surface area contributed by atoms with Crippen LogP contribution in [0, 0.1) is 5.92 Å². The highest BCUT2D eigenvalue weighted by Crippen LogP contribution is 2.34. The molecule has 0 radical (unpaired) electrons. The summed E-state index contributed by atoms with van der Waals surface area (Å²) in [4.78, 5) is 14.0. The van der Waals surface area contributed by atoms with E-state index in [1.165, 1.54) is 0 Å². The molecule has 0 aromatic heterocycles. The molecule has 0 spiro atoms. The third-order valence-corrected chi connectivity index (χ3v) is 3.37. The van der Waals surface area contributed by atoms with Gasteiger partial charge in [-0.2, -0.15) is 0 Å². The number of benzene rings is 1. The molecule has 1 unspecified atom stereocenters. The van der Waals surface area contributed by atoms with Crippen LogP contribution in [0.5, 0.6) is 5.75 Å². The van der Waals surface area contributed by atoms with Gasteiger partial charge in [0.2, 0.25) is 5.91 Å². The van der Waals surface area contributed by atoms with E-state index in [2.05, 4.69) is 0 Å². The highest BCUT2D eigenvalue weighted by Gasteiger charge is 2.34. The molecular formula is C14H19NO2. The molecule has 1 amide bonds. The van der Waals surface area contributed by atoms with Crippen molar-refractivity contribution in [2.24, 2.45) is 5.92 Å². The van der Waals surface area contributed by atoms with Crippen LogP contribution < -0.4 is 0 Å². The first kappa shape index (κ1) is 12.0. The lowest BCUT2D eigenvalue weighted by Gasteiger charge is -2.28. The Hall–Kier alpha value is -1.51. The fourth-order valence-electron chi connectivity index (χ4n) is 2.15. The monoisotopic (exact) mass is 233 g/mol. The highest BCUT2D eigenvalue weighted by molar-refractivity contribution is 5.81. The van der Waals surface area contributed by atoms with Crippen molar-refractivity contribution >= 4 is 5.91 Å². The van der Waals surface area contributed by atoms with Crippen LogP contribution in [0.25, 0.3) is 0 Å². The summed E-state index contributed by atoms with van der Waals surface area (Å²) in [6.45, 7) is 4.73. The molecule has 0 saturated heterocycles. The largest absolute Gasteiger partial charge is 0.508 e. The number of rotatable bonds is 4. The van der Waals surface area contributed by atoms with Crippen LogP contribution in [0.1, 0.15) is 38.3 Å². The number of carbonyl (C=O) groups excluding carboxylic acids is 1. The number of aromatic hydroxyl groups is 1. The number of phenols is 1. The zero-order valence-electron chi connectivity index (χ0n) is 10.4. The summed E-state index contributed by atoms with van der Waals surface area (Å²) in [5, 5.41) is 9.47. The molecule has 92 valence electrons. The van der Waals surface area contributed by atoms with Gasteiger partial charge in [-0.25, -0.2) is 0 Å². The number of hydrogen-bond acceptors (Lipinski definition) is 2. The molecule has 2 rings (SSSR count). The molecule has 17 heavy (non-hydrogen) atoms. The molecule has 1 saturated carbocycles. The molecule has 1 aromatic carbocycles. The third-order valence-electron chi connectivity index (χ3n) is 3.37. The van der Waals surface area contributed by atoms with Crippen molar-refractivity contribution in [3.63, 3.8) is 0 Å². The number of amides is 1. The minimum atomic E-state index is 0.0280. The number of phenolic OH excluding ortho intramolecular Hbond substituents is 1. The van der Waals surface area contributed by atoms with E-state index >= 15 is 0 Å². The Morgan fingerprint density at radius 3 is 2.76 bits per heavy atom. The zero-order chi connectivity index (χ0) is 12.4. The molecule has 3 nitrogen and oxygen atoms in total. The Morgan fingerprint density at radius 2 is 2.24 bits per heavy atom. The summed E-state index contributed by atoms with van der Waals surface area (Å²) in [5.41, 5.74) is 0.987. The smallest absolute Gasteiger partial charge is 0.226 e. The Bertz CT molecular complexity index is 412. The Morgan fingerprint density at radius 1 is 1.53 bits per heavy atom. The second kappa shape index (κ2) is 4.78. The van der Waals surface area contributed by atoms with Crippen molar-refractivity contribution in [2.45, 2.75) is 32.7 Å². The maximum atomic E-state index is 12.1. The molecule has 0 bridgehead atoms. The first-order valence-corrected chi connectivity index (χ1v) is 6.23. The average molecular weight is 233 g/mol. The predicted molar refractivity (Wildman–Crippen MR) is 66.6 cm³/mol. The summed E-state index contributed by atoms with van der Waals surface area (Å²) >= 11 is 0. The van der Waals surface area contributed by atoms with Crippen LogP contribution in [0.3, 0.4) is 0 Å². The van der Waals surface area contributed by atoms with Gasteiger partial charge in [0.05, 0.1) is 6.04 Å².